The van der Waals surface area contributed by atoms with E-state index in [2.05, 4.69) is 9.97 Å². The first kappa shape index (κ1) is 12.6. The molecule has 0 aromatic carbocycles. The maximum absolute atomic E-state index is 10.9. The predicted octanol–water partition coefficient (Wildman–Crippen LogP) is 1.17. The van der Waals surface area contributed by atoms with Crippen molar-refractivity contribution in [3.8, 4) is 5.88 Å². The number of aromatic nitrogens is 2. The van der Waals surface area contributed by atoms with Crippen LogP contribution in [0.5, 0.6) is 5.88 Å². The average molecular weight is 251 g/mol. The Kier molecular flexibility index (Phi) is 3.64. The Balaban J connectivity index is 2.16. The maximum atomic E-state index is 10.9. The van der Waals surface area contributed by atoms with Crippen molar-refractivity contribution < 1.29 is 14.6 Å². The maximum Gasteiger partial charge on any atom is 0.308 e. The summed E-state index contributed by atoms with van der Waals surface area (Å²) < 4.78 is 5.59. The molecule has 0 aliphatic carbocycles. The number of nitrogens with zero attached hydrogens (tertiary/aromatic N) is 3. The highest BCUT2D eigenvalue weighted by molar-refractivity contribution is 5.72. The SMILES string of the molecule is CC(C)Oc1nccnc1N1CCC(C(=O)O)C1. The van der Waals surface area contributed by atoms with Gasteiger partial charge in [0.1, 0.15) is 0 Å². The van der Waals surface area contributed by atoms with E-state index in [0.717, 1.165) is 0 Å². The molecular formula is C12H17N3O3. The molecule has 0 saturated carbocycles. The molecule has 1 fully saturated rings. The molecule has 6 heteroatoms. The van der Waals surface area contributed by atoms with Gasteiger partial charge in [-0.1, -0.05) is 0 Å². The van der Waals surface area contributed by atoms with Crippen molar-refractivity contribution in [1.29, 1.82) is 0 Å². The number of carbonyl (C=O) groups is 1. The summed E-state index contributed by atoms with van der Waals surface area (Å²) in [6.45, 7) is 4.97. The quantitative estimate of drug-likeness (QED) is 0.865. The molecule has 6 nitrogen and oxygen atoms in total. The summed E-state index contributed by atoms with van der Waals surface area (Å²) in [5, 5.41) is 9.00. The molecule has 0 amide bonds. The van der Waals surface area contributed by atoms with Crippen molar-refractivity contribution in [3.63, 3.8) is 0 Å². The summed E-state index contributed by atoms with van der Waals surface area (Å²) in [7, 11) is 0. The molecule has 1 aromatic heterocycles. The fraction of sp³-hybridized carbons (Fsp3) is 0.583. The molecule has 1 aliphatic rings. The summed E-state index contributed by atoms with van der Waals surface area (Å²) in [6, 6.07) is 0. The van der Waals surface area contributed by atoms with Crippen LogP contribution >= 0.6 is 0 Å². The Morgan fingerprint density at radius 1 is 1.50 bits per heavy atom. The standard InChI is InChI=1S/C12H17N3O3/c1-8(2)18-11-10(13-4-5-14-11)15-6-3-9(7-15)12(16)17/h4-5,8-9H,3,6-7H2,1-2H3,(H,16,17). The van der Waals surface area contributed by atoms with E-state index in [0.29, 0.717) is 31.2 Å². The highest BCUT2D eigenvalue weighted by Crippen LogP contribution is 2.28. The molecule has 1 aromatic rings. The minimum Gasteiger partial charge on any atom is -0.481 e. The van der Waals surface area contributed by atoms with Gasteiger partial charge in [-0.05, 0) is 20.3 Å². The van der Waals surface area contributed by atoms with Gasteiger partial charge < -0.3 is 14.7 Å². The zero-order chi connectivity index (χ0) is 13.1. The zero-order valence-corrected chi connectivity index (χ0v) is 10.5. The van der Waals surface area contributed by atoms with Gasteiger partial charge in [-0.25, -0.2) is 9.97 Å². The molecule has 2 rings (SSSR count). The lowest BCUT2D eigenvalue weighted by Gasteiger charge is -2.20. The van der Waals surface area contributed by atoms with Gasteiger partial charge in [-0.15, -0.1) is 0 Å². The minimum atomic E-state index is -0.757. The first-order valence-electron chi connectivity index (χ1n) is 6.03. The van der Waals surface area contributed by atoms with E-state index in [1.165, 1.54) is 0 Å². The Hall–Kier alpha value is -1.85. The fourth-order valence-corrected chi connectivity index (χ4v) is 2.00. The van der Waals surface area contributed by atoms with Crippen LogP contribution in [0, 0.1) is 5.92 Å². The number of aliphatic carboxylic acids is 1. The monoisotopic (exact) mass is 251 g/mol. The predicted molar refractivity (Wildman–Crippen MR) is 65.8 cm³/mol. The van der Waals surface area contributed by atoms with Gasteiger partial charge in [0.2, 0.25) is 0 Å². The van der Waals surface area contributed by atoms with E-state index in [9.17, 15) is 4.79 Å². The van der Waals surface area contributed by atoms with Gasteiger partial charge in [0.25, 0.3) is 5.88 Å². The van der Waals surface area contributed by atoms with Crippen molar-refractivity contribution in [1.82, 2.24) is 9.97 Å². The number of hydrogen-bond donors (Lipinski definition) is 1. The number of carboxylic acid groups (broad SMARTS) is 1. The van der Waals surface area contributed by atoms with Crippen molar-refractivity contribution in [2.75, 3.05) is 18.0 Å². The Labute approximate surface area is 106 Å². The Morgan fingerprint density at radius 2 is 2.22 bits per heavy atom. The third-order valence-corrected chi connectivity index (χ3v) is 2.83. The highest BCUT2D eigenvalue weighted by atomic mass is 16.5. The summed E-state index contributed by atoms with van der Waals surface area (Å²) >= 11 is 0. The number of anilines is 1. The van der Waals surface area contributed by atoms with Crippen LogP contribution in [0.4, 0.5) is 5.82 Å². The first-order valence-corrected chi connectivity index (χ1v) is 6.03. The van der Waals surface area contributed by atoms with E-state index >= 15 is 0 Å². The molecule has 1 atom stereocenters. The molecule has 2 heterocycles. The van der Waals surface area contributed by atoms with Gasteiger partial charge in [0.05, 0.1) is 12.0 Å². The molecule has 18 heavy (non-hydrogen) atoms. The molecule has 1 unspecified atom stereocenters. The molecule has 1 aliphatic heterocycles. The molecule has 1 saturated heterocycles. The number of ether oxygens (including phenoxy) is 1. The van der Waals surface area contributed by atoms with Crippen molar-refractivity contribution in [2.24, 2.45) is 5.92 Å². The summed E-state index contributed by atoms with van der Waals surface area (Å²) in [5.74, 6) is 0.0140. The zero-order valence-electron chi connectivity index (χ0n) is 10.5. The number of carboxylic acids is 1. The second kappa shape index (κ2) is 5.20. The fourth-order valence-electron chi connectivity index (χ4n) is 2.00. The van der Waals surface area contributed by atoms with Gasteiger partial charge in [0.15, 0.2) is 5.82 Å². The molecular weight excluding hydrogens is 234 g/mol. The molecule has 0 bridgehead atoms. The largest absolute Gasteiger partial charge is 0.481 e. The van der Waals surface area contributed by atoms with Crippen LogP contribution in [0.3, 0.4) is 0 Å². The Morgan fingerprint density at radius 3 is 2.83 bits per heavy atom. The lowest BCUT2D eigenvalue weighted by Crippen LogP contribution is -2.25. The van der Waals surface area contributed by atoms with Gasteiger partial charge >= 0.3 is 5.97 Å². The van der Waals surface area contributed by atoms with Crippen LogP contribution in [-0.2, 0) is 4.79 Å². The highest BCUT2D eigenvalue weighted by Gasteiger charge is 2.30. The lowest BCUT2D eigenvalue weighted by atomic mass is 10.1. The van der Waals surface area contributed by atoms with Gasteiger partial charge in [-0.3, -0.25) is 4.79 Å². The minimum absolute atomic E-state index is 0.0123. The van der Waals surface area contributed by atoms with Crippen LogP contribution in [0.15, 0.2) is 12.4 Å². The van der Waals surface area contributed by atoms with Crippen molar-refractivity contribution in [2.45, 2.75) is 26.4 Å². The molecule has 0 radical (unpaired) electrons. The lowest BCUT2D eigenvalue weighted by molar-refractivity contribution is -0.140. The van der Waals surface area contributed by atoms with Crippen LogP contribution in [0.25, 0.3) is 0 Å². The van der Waals surface area contributed by atoms with Gasteiger partial charge in [0, 0.05) is 25.5 Å². The smallest absolute Gasteiger partial charge is 0.308 e. The third-order valence-electron chi connectivity index (χ3n) is 2.83. The second-order valence-corrected chi connectivity index (χ2v) is 4.62. The van der Waals surface area contributed by atoms with E-state index in [1.807, 2.05) is 18.7 Å². The first-order chi connectivity index (χ1) is 8.58. The molecule has 0 spiro atoms. The van der Waals surface area contributed by atoms with Crippen LogP contribution in [0.1, 0.15) is 20.3 Å². The van der Waals surface area contributed by atoms with Gasteiger partial charge in [-0.2, -0.15) is 0 Å². The van der Waals surface area contributed by atoms with Crippen LogP contribution in [0.2, 0.25) is 0 Å². The molecule has 98 valence electrons. The topological polar surface area (TPSA) is 75.6 Å². The summed E-state index contributed by atoms with van der Waals surface area (Å²) in [4.78, 5) is 21.3. The van der Waals surface area contributed by atoms with E-state index in [4.69, 9.17) is 9.84 Å². The van der Waals surface area contributed by atoms with Crippen molar-refractivity contribution >= 4 is 11.8 Å². The van der Waals surface area contributed by atoms with Crippen LogP contribution < -0.4 is 9.64 Å². The summed E-state index contributed by atoms with van der Waals surface area (Å²) in [6.07, 6.45) is 3.81. The van der Waals surface area contributed by atoms with E-state index < -0.39 is 5.97 Å². The average Bonchev–Trinajstić information content (AvgIpc) is 2.78. The molecule has 1 N–H and O–H groups in total. The summed E-state index contributed by atoms with van der Waals surface area (Å²) in [5.41, 5.74) is 0. The number of hydrogen-bond acceptors (Lipinski definition) is 5. The van der Waals surface area contributed by atoms with E-state index in [-0.39, 0.29) is 12.0 Å². The van der Waals surface area contributed by atoms with Crippen molar-refractivity contribution in [3.05, 3.63) is 12.4 Å². The normalized spacial score (nSPS) is 19.3. The number of rotatable bonds is 4. The van der Waals surface area contributed by atoms with E-state index in [1.54, 1.807) is 12.4 Å². The second-order valence-electron chi connectivity index (χ2n) is 4.62. The third kappa shape index (κ3) is 2.69. The Bertz CT molecular complexity index is 436. The van der Waals surface area contributed by atoms with Crippen LogP contribution in [-0.4, -0.2) is 40.2 Å².